The van der Waals surface area contributed by atoms with Gasteiger partial charge in [0, 0.05) is 26.8 Å². The molecular weight excluding hydrogens is 180 g/mol. The molecule has 4 nitrogen and oxygen atoms in total. The highest BCUT2D eigenvalue weighted by Gasteiger charge is 2.22. The average molecular weight is 200 g/mol. The average Bonchev–Trinajstić information content (AvgIpc) is 2.26. The van der Waals surface area contributed by atoms with Crippen LogP contribution in [0.15, 0.2) is 0 Å². The van der Waals surface area contributed by atoms with E-state index in [2.05, 4.69) is 5.32 Å². The lowest BCUT2D eigenvalue weighted by Gasteiger charge is -2.25. The Morgan fingerprint density at radius 3 is 3.00 bits per heavy atom. The molecule has 14 heavy (non-hydrogen) atoms. The van der Waals surface area contributed by atoms with Gasteiger partial charge in [-0.3, -0.25) is 4.79 Å². The van der Waals surface area contributed by atoms with Gasteiger partial charge in [-0.05, 0) is 25.2 Å². The van der Waals surface area contributed by atoms with Crippen molar-refractivity contribution >= 4 is 5.91 Å². The van der Waals surface area contributed by atoms with Crippen LogP contribution < -0.4 is 11.1 Å². The lowest BCUT2D eigenvalue weighted by molar-refractivity contribution is -0.125. The van der Waals surface area contributed by atoms with Crippen LogP contribution in [0.3, 0.4) is 0 Å². The van der Waals surface area contributed by atoms with Crippen molar-refractivity contribution in [1.29, 1.82) is 0 Å². The third kappa shape index (κ3) is 3.27. The van der Waals surface area contributed by atoms with E-state index in [-0.39, 0.29) is 11.8 Å². The fourth-order valence-electron chi connectivity index (χ4n) is 1.91. The summed E-state index contributed by atoms with van der Waals surface area (Å²) in [5.41, 5.74) is 5.56. The molecule has 0 saturated carbocycles. The lowest BCUT2D eigenvalue weighted by Crippen LogP contribution is -2.35. The van der Waals surface area contributed by atoms with Gasteiger partial charge in [0.25, 0.3) is 0 Å². The second-order valence-corrected chi connectivity index (χ2v) is 3.87. The van der Waals surface area contributed by atoms with Gasteiger partial charge in [0.05, 0.1) is 5.92 Å². The molecule has 2 unspecified atom stereocenters. The SMILES string of the molecule is CNC(=O)C(CN)CC1CCCOC1. The maximum atomic E-state index is 11.4. The molecule has 0 aromatic rings. The topological polar surface area (TPSA) is 64.4 Å². The highest BCUT2D eigenvalue weighted by molar-refractivity contribution is 5.78. The first-order chi connectivity index (χ1) is 6.77. The van der Waals surface area contributed by atoms with Gasteiger partial charge in [0.2, 0.25) is 5.91 Å². The van der Waals surface area contributed by atoms with Crippen LogP contribution in [-0.2, 0) is 9.53 Å². The van der Waals surface area contributed by atoms with E-state index in [0.717, 1.165) is 32.5 Å². The van der Waals surface area contributed by atoms with E-state index in [4.69, 9.17) is 10.5 Å². The van der Waals surface area contributed by atoms with Gasteiger partial charge in [-0.15, -0.1) is 0 Å². The zero-order chi connectivity index (χ0) is 10.4. The Morgan fingerprint density at radius 2 is 2.50 bits per heavy atom. The number of carbonyl (C=O) groups is 1. The van der Waals surface area contributed by atoms with E-state index in [1.54, 1.807) is 7.05 Å². The van der Waals surface area contributed by atoms with Crippen LogP contribution >= 0.6 is 0 Å². The molecule has 4 heteroatoms. The number of rotatable bonds is 4. The van der Waals surface area contributed by atoms with E-state index in [1.165, 1.54) is 0 Å². The van der Waals surface area contributed by atoms with Crippen molar-refractivity contribution in [2.24, 2.45) is 17.6 Å². The number of amides is 1. The van der Waals surface area contributed by atoms with Crippen molar-refractivity contribution in [2.45, 2.75) is 19.3 Å². The Bertz CT molecular complexity index is 179. The highest BCUT2D eigenvalue weighted by Crippen LogP contribution is 2.21. The minimum Gasteiger partial charge on any atom is -0.381 e. The van der Waals surface area contributed by atoms with Crippen LogP contribution in [0.1, 0.15) is 19.3 Å². The van der Waals surface area contributed by atoms with E-state index >= 15 is 0 Å². The molecule has 0 aliphatic carbocycles. The fourth-order valence-corrected chi connectivity index (χ4v) is 1.91. The summed E-state index contributed by atoms with van der Waals surface area (Å²) in [6, 6.07) is 0. The molecule has 1 fully saturated rings. The molecule has 0 radical (unpaired) electrons. The molecule has 1 aliphatic rings. The van der Waals surface area contributed by atoms with Crippen LogP contribution in [-0.4, -0.2) is 32.7 Å². The largest absolute Gasteiger partial charge is 0.381 e. The normalized spacial score (nSPS) is 24.3. The maximum absolute atomic E-state index is 11.4. The molecule has 82 valence electrons. The molecule has 2 atom stereocenters. The van der Waals surface area contributed by atoms with Crippen molar-refractivity contribution in [3.05, 3.63) is 0 Å². The highest BCUT2D eigenvalue weighted by atomic mass is 16.5. The van der Waals surface area contributed by atoms with Crippen molar-refractivity contribution < 1.29 is 9.53 Å². The predicted octanol–water partition coefficient (Wildman–Crippen LogP) is 0.124. The Balaban J connectivity index is 2.34. The number of nitrogens with one attached hydrogen (secondary N) is 1. The van der Waals surface area contributed by atoms with Gasteiger partial charge in [-0.1, -0.05) is 0 Å². The summed E-state index contributed by atoms with van der Waals surface area (Å²) < 4.78 is 5.37. The fraction of sp³-hybridized carbons (Fsp3) is 0.900. The van der Waals surface area contributed by atoms with Crippen molar-refractivity contribution in [1.82, 2.24) is 5.32 Å². The number of ether oxygens (including phenoxy) is 1. The molecule has 3 N–H and O–H groups in total. The summed E-state index contributed by atoms with van der Waals surface area (Å²) in [6.45, 7) is 2.08. The number of hydrogen-bond donors (Lipinski definition) is 2. The minimum atomic E-state index is -0.0494. The summed E-state index contributed by atoms with van der Waals surface area (Å²) in [5, 5.41) is 2.65. The maximum Gasteiger partial charge on any atom is 0.224 e. The first-order valence-electron chi connectivity index (χ1n) is 5.27. The second kappa shape index (κ2) is 5.98. The summed E-state index contributed by atoms with van der Waals surface area (Å²) in [4.78, 5) is 11.4. The number of hydrogen-bond acceptors (Lipinski definition) is 3. The molecular formula is C10H20N2O2. The number of nitrogens with two attached hydrogens (primary N) is 1. The zero-order valence-electron chi connectivity index (χ0n) is 8.79. The van der Waals surface area contributed by atoms with Gasteiger partial charge >= 0.3 is 0 Å². The minimum absolute atomic E-state index is 0.0494. The molecule has 0 spiro atoms. The second-order valence-electron chi connectivity index (χ2n) is 3.87. The first-order valence-corrected chi connectivity index (χ1v) is 5.27. The molecule has 1 amide bonds. The van der Waals surface area contributed by atoms with Crippen LogP contribution in [0.4, 0.5) is 0 Å². The van der Waals surface area contributed by atoms with E-state index < -0.39 is 0 Å². The Morgan fingerprint density at radius 1 is 1.71 bits per heavy atom. The Labute approximate surface area is 85.2 Å². The molecule has 0 aromatic heterocycles. The summed E-state index contributed by atoms with van der Waals surface area (Å²) in [5.74, 6) is 0.513. The monoisotopic (exact) mass is 200 g/mol. The Hall–Kier alpha value is -0.610. The third-order valence-corrected chi connectivity index (χ3v) is 2.77. The smallest absolute Gasteiger partial charge is 0.224 e. The zero-order valence-corrected chi connectivity index (χ0v) is 8.79. The van der Waals surface area contributed by atoms with Crippen LogP contribution in [0, 0.1) is 11.8 Å². The molecule has 1 heterocycles. The van der Waals surface area contributed by atoms with Gasteiger partial charge in [0.1, 0.15) is 0 Å². The molecule has 1 saturated heterocycles. The standard InChI is InChI=1S/C10H20N2O2/c1-12-10(13)9(6-11)5-8-3-2-4-14-7-8/h8-9H,2-7,11H2,1H3,(H,12,13). The molecule has 1 rings (SSSR count). The first kappa shape index (κ1) is 11.5. The number of carbonyl (C=O) groups excluding carboxylic acids is 1. The molecule has 0 bridgehead atoms. The lowest BCUT2D eigenvalue weighted by atomic mass is 9.90. The van der Waals surface area contributed by atoms with E-state index in [1.807, 2.05) is 0 Å². The van der Waals surface area contributed by atoms with Gasteiger partial charge < -0.3 is 15.8 Å². The summed E-state index contributed by atoms with van der Waals surface area (Å²) in [7, 11) is 1.66. The quantitative estimate of drug-likeness (QED) is 0.677. The Kier molecular flexibility index (Phi) is 4.90. The van der Waals surface area contributed by atoms with Crippen molar-refractivity contribution in [3.63, 3.8) is 0 Å². The molecule has 1 aliphatic heterocycles. The van der Waals surface area contributed by atoms with Crippen LogP contribution in [0.25, 0.3) is 0 Å². The van der Waals surface area contributed by atoms with Gasteiger partial charge in [-0.25, -0.2) is 0 Å². The van der Waals surface area contributed by atoms with E-state index in [9.17, 15) is 4.79 Å². The molecule has 0 aromatic carbocycles. The third-order valence-electron chi connectivity index (χ3n) is 2.77. The van der Waals surface area contributed by atoms with Gasteiger partial charge in [0.15, 0.2) is 0 Å². The van der Waals surface area contributed by atoms with Gasteiger partial charge in [-0.2, -0.15) is 0 Å². The predicted molar refractivity (Wildman–Crippen MR) is 54.8 cm³/mol. The van der Waals surface area contributed by atoms with Crippen molar-refractivity contribution in [2.75, 3.05) is 26.8 Å². The van der Waals surface area contributed by atoms with Crippen LogP contribution in [0.5, 0.6) is 0 Å². The van der Waals surface area contributed by atoms with Crippen LogP contribution in [0.2, 0.25) is 0 Å². The summed E-state index contributed by atoms with van der Waals surface area (Å²) >= 11 is 0. The summed E-state index contributed by atoms with van der Waals surface area (Å²) in [6.07, 6.45) is 3.12. The van der Waals surface area contributed by atoms with Crippen molar-refractivity contribution in [3.8, 4) is 0 Å². The van der Waals surface area contributed by atoms with E-state index in [0.29, 0.717) is 12.5 Å².